The molecule has 30 heavy (non-hydrogen) atoms. The first kappa shape index (κ1) is 21.5. The van der Waals surface area contributed by atoms with E-state index in [2.05, 4.69) is 4.74 Å². The van der Waals surface area contributed by atoms with Gasteiger partial charge in [0.2, 0.25) is 0 Å². The minimum Gasteiger partial charge on any atom is -0.493 e. The third kappa shape index (κ3) is 4.84. The quantitative estimate of drug-likeness (QED) is 0.741. The second-order valence-corrected chi connectivity index (χ2v) is 6.66. The highest BCUT2D eigenvalue weighted by Gasteiger charge is 2.25. The van der Waals surface area contributed by atoms with Gasteiger partial charge in [0.1, 0.15) is 5.82 Å². The van der Waals surface area contributed by atoms with E-state index < -0.39 is 18.3 Å². The summed E-state index contributed by atoms with van der Waals surface area (Å²) in [6, 6.07) is 9.75. The molecule has 1 aliphatic heterocycles. The van der Waals surface area contributed by atoms with Crippen LogP contribution >= 0.6 is 0 Å². The van der Waals surface area contributed by atoms with Crippen LogP contribution < -0.4 is 9.47 Å². The molecule has 2 amide bonds. The van der Waals surface area contributed by atoms with Gasteiger partial charge in [-0.05, 0) is 36.8 Å². The van der Waals surface area contributed by atoms with Gasteiger partial charge in [0.15, 0.2) is 11.5 Å². The van der Waals surface area contributed by atoms with Gasteiger partial charge < -0.3 is 19.3 Å². The van der Waals surface area contributed by atoms with Crippen molar-refractivity contribution in [2.75, 3.05) is 33.3 Å². The molecule has 1 fully saturated rings. The maximum absolute atomic E-state index is 13.9. The van der Waals surface area contributed by atoms with Gasteiger partial charge in [0, 0.05) is 31.7 Å². The summed E-state index contributed by atoms with van der Waals surface area (Å²) < 4.78 is 48.3. The van der Waals surface area contributed by atoms with Crippen molar-refractivity contribution >= 4 is 11.8 Å². The molecule has 2 aromatic carbocycles. The summed E-state index contributed by atoms with van der Waals surface area (Å²) in [6.45, 7) is -1.71. The van der Waals surface area contributed by atoms with Crippen LogP contribution in [0.1, 0.15) is 27.1 Å². The van der Waals surface area contributed by atoms with Gasteiger partial charge in [0.25, 0.3) is 11.8 Å². The fraction of sp³-hybridized carbons (Fsp3) is 0.333. The number of carbonyl (C=O) groups is 2. The molecule has 0 N–H and O–H groups in total. The topological polar surface area (TPSA) is 59.1 Å². The second kappa shape index (κ2) is 9.51. The van der Waals surface area contributed by atoms with Crippen LogP contribution in [-0.4, -0.2) is 61.5 Å². The van der Waals surface area contributed by atoms with Crippen LogP contribution in [0.25, 0.3) is 0 Å². The van der Waals surface area contributed by atoms with E-state index in [9.17, 15) is 22.8 Å². The average Bonchev–Trinajstić information content (AvgIpc) is 2.99. The van der Waals surface area contributed by atoms with Crippen LogP contribution in [0.4, 0.5) is 13.2 Å². The summed E-state index contributed by atoms with van der Waals surface area (Å²) in [5.41, 5.74) is 0.249. The van der Waals surface area contributed by atoms with E-state index in [1.165, 1.54) is 48.4 Å². The van der Waals surface area contributed by atoms with Crippen molar-refractivity contribution in [2.24, 2.45) is 0 Å². The minimum atomic E-state index is -3.01. The zero-order valence-electron chi connectivity index (χ0n) is 16.3. The number of nitrogens with zero attached hydrogens (tertiary/aromatic N) is 2. The van der Waals surface area contributed by atoms with Crippen molar-refractivity contribution < 1.29 is 32.2 Å². The molecule has 0 spiro atoms. The monoisotopic (exact) mass is 422 g/mol. The fourth-order valence-corrected chi connectivity index (χ4v) is 3.31. The Hall–Kier alpha value is -3.23. The summed E-state index contributed by atoms with van der Waals surface area (Å²) in [7, 11) is 1.29. The summed E-state index contributed by atoms with van der Waals surface area (Å²) in [5.74, 6) is -1.47. The molecule has 0 atom stereocenters. The molecule has 0 unspecified atom stereocenters. The molecule has 160 valence electrons. The summed E-state index contributed by atoms with van der Waals surface area (Å²) in [6.07, 6.45) is 0.523. The SMILES string of the molecule is COc1cc(C(=O)N2CCCN(C(=O)c3ccccc3F)CC2)ccc1OC(F)F. The minimum absolute atomic E-state index is 0.00312. The highest BCUT2D eigenvalue weighted by atomic mass is 19.3. The van der Waals surface area contributed by atoms with Crippen LogP contribution in [0, 0.1) is 5.82 Å². The van der Waals surface area contributed by atoms with Crippen molar-refractivity contribution in [1.82, 2.24) is 9.80 Å². The van der Waals surface area contributed by atoms with Gasteiger partial charge >= 0.3 is 6.61 Å². The van der Waals surface area contributed by atoms with Crippen molar-refractivity contribution in [3.8, 4) is 11.5 Å². The number of ether oxygens (including phenoxy) is 2. The van der Waals surface area contributed by atoms with Crippen molar-refractivity contribution in [1.29, 1.82) is 0 Å². The molecule has 6 nitrogen and oxygen atoms in total. The molecule has 9 heteroatoms. The van der Waals surface area contributed by atoms with Gasteiger partial charge in [-0.3, -0.25) is 9.59 Å². The second-order valence-electron chi connectivity index (χ2n) is 6.66. The van der Waals surface area contributed by atoms with Gasteiger partial charge in [-0.2, -0.15) is 8.78 Å². The van der Waals surface area contributed by atoms with Crippen molar-refractivity contribution in [2.45, 2.75) is 13.0 Å². The Morgan fingerprint density at radius 2 is 1.60 bits per heavy atom. The zero-order chi connectivity index (χ0) is 21.7. The molecule has 0 saturated carbocycles. The predicted octanol–water partition coefficient (Wildman–Crippen LogP) is 3.42. The maximum Gasteiger partial charge on any atom is 0.387 e. The van der Waals surface area contributed by atoms with E-state index >= 15 is 0 Å². The molecule has 0 aliphatic carbocycles. The molecule has 2 aromatic rings. The van der Waals surface area contributed by atoms with E-state index in [1.807, 2.05) is 0 Å². The van der Waals surface area contributed by atoms with Gasteiger partial charge in [-0.25, -0.2) is 4.39 Å². The molecular formula is C21H21F3N2O4. The number of rotatable bonds is 5. The Kier molecular flexibility index (Phi) is 6.81. The lowest BCUT2D eigenvalue weighted by atomic mass is 10.1. The number of carbonyl (C=O) groups excluding carboxylic acids is 2. The summed E-state index contributed by atoms with van der Waals surface area (Å²) >= 11 is 0. The number of amides is 2. The molecule has 0 radical (unpaired) electrons. The number of alkyl halides is 2. The zero-order valence-corrected chi connectivity index (χ0v) is 16.3. The Bertz CT molecular complexity index is 923. The maximum atomic E-state index is 13.9. The number of benzene rings is 2. The van der Waals surface area contributed by atoms with E-state index in [4.69, 9.17) is 4.74 Å². The lowest BCUT2D eigenvalue weighted by Crippen LogP contribution is -2.37. The molecule has 0 bridgehead atoms. The molecule has 1 heterocycles. The molecular weight excluding hydrogens is 401 g/mol. The molecule has 3 rings (SSSR count). The number of hydrogen-bond acceptors (Lipinski definition) is 4. The van der Waals surface area contributed by atoms with E-state index in [0.29, 0.717) is 19.5 Å². The third-order valence-corrected chi connectivity index (χ3v) is 4.80. The Morgan fingerprint density at radius 1 is 0.933 bits per heavy atom. The standard InChI is InChI=1S/C21H21F3N2O4/c1-29-18-13-14(7-8-17(18)30-21(23)24)19(27)25-9-4-10-26(12-11-25)20(28)15-5-2-3-6-16(15)22/h2-3,5-8,13,21H,4,9-12H2,1H3. The average molecular weight is 422 g/mol. The van der Waals surface area contributed by atoms with Crippen LogP contribution in [0.15, 0.2) is 42.5 Å². The van der Waals surface area contributed by atoms with Crippen LogP contribution in [0.3, 0.4) is 0 Å². The lowest BCUT2D eigenvalue weighted by Gasteiger charge is -2.23. The number of methoxy groups -OCH3 is 1. The van der Waals surface area contributed by atoms with Crippen LogP contribution in [0.2, 0.25) is 0 Å². The summed E-state index contributed by atoms with van der Waals surface area (Å²) in [4.78, 5) is 28.6. The molecule has 1 aliphatic rings. The van der Waals surface area contributed by atoms with Crippen LogP contribution in [0.5, 0.6) is 11.5 Å². The third-order valence-electron chi connectivity index (χ3n) is 4.80. The normalized spacial score (nSPS) is 14.4. The van der Waals surface area contributed by atoms with E-state index in [0.717, 1.165) is 0 Å². The van der Waals surface area contributed by atoms with Gasteiger partial charge in [-0.1, -0.05) is 12.1 Å². The molecule has 0 aromatic heterocycles. The van der Waals surface area contributed by atoms with Gasteiger partial charge in [0.05, 0.1) is 12.7 Å². The first-order valence-electron chi connectivity index (χ1n) is 9.36. The summed E-state index contributed by atoms with van der Waals surface area (Å²) in [5, 5.41) is 0. The largest absolute Gasteiger partial charge is 0.493 e. The van der Waals surface area contributed by atoms with E-state index in [-0.39, 0.29) is 41.6 Å². The lowest BCUT2D eigenvalue weighted by molar-refractivity contribution is -0.0512. The van der Waals surface area contributed by atoms with Crippen molar-refractivity contribution in [3.63, 3.8) is 0 Å². The Morgan fingerprint density at radius 3 is 2.23 bits per heavy atom. The number of hydrogen-bond donors (Lipinski definition) is 0. The first-order valence-corrected chi connectivity index (χ1v) is 9.36. The highest BCUT2D eigenvalue weighted by molar-refractivity contribution is 5.96. The Balaban J connectivity index is 1.70. The number of halogens is 3. The smallest absolute Gasteiger partial charge is 0.387 e. The predicted molar refractivity (Wildman–Crippen MR) is 102 cm³/mol. The van der Waals surface area contributed by atoms with Crippen molar-refractivity contribution in [3.05, 3.63) is 59.4 Å². The van der Waals surface area contributed by atoms with Gasteiger partial charge in [-0.15, -0.1) is 0 Å². The Labute approximate surface area is 171 Å². The highest BCUT2D eigenvalue weighted by Crippen LogP contribution is 2.30. The van der Waals surface area contributed by atoms with E-state index in [1.54, 1.807) is 11.0 Å². The fourth-order valence-electron chi connectivity index (χ4n) is 3.31. The molecule has 1 saturated heterocycles. The first-order chi connectivity index (χ1) is 14.4. The van der Waals surface area contributed by atoms with Crippen LogP contribution in [-0.2, 0) is 0 Å².